The van der Waals surface area contributed by atoms with Crippen molar-refractivity contribution in [1.82, 2.24) is 9.97 Å². The quantitative estimate of drug-likeness (QED) is 0.726. The second kappa shape index (κ2) is 5.02. The Labute approximate surface area is 120 Å². The summed E-state index contributed by atoms with van der Waals surface area (Å²) in [6, 6.07) is 11.5. The third kappa shape index (κ3) is 2.16. The maximum Gasteiger partial charge on any atom is 0.248 e. The largest absolute Gasteiger partial charge is 0.366 e. The number of aromatic nitrogens is 2. The van der Waals surface area contributed by atoms with Crippen molar-refractivity contribution in [3.05, 3.63) is 48.3 Å². The molecule has 0 unspecified atom stereocenters. The number of primary amides is 1. The van der Waals surface area contributed by atoms with E-state index in [4.69, 9.17) is 5.73 Å². The van der Waals surface area contributed by atoms with Gasteiger partial charge in [0.15, 0.2) is 0 Å². The fourth-order valence-electron chi connectivity index (χ4n) is 2.19. The molecule has 0 aliphatic heterocycles. The van der Waals surface area contributed by atoms with Crippen LogP contribution in [0.3, 0.4) is 0 Å². The Bertz CT molecular complexity index is 795. The van der Waals surface area contributed by atoms with Gasteiger partial charge in [0, 0.05) is 10.5 Å². The summed E-state index contributed by atoms with van der Waals surface area (Å²) in [5, 5.41) is 0. The molecular weight excluding hydrogens is 270 g/mol. The number of nitrogens with two attached hydrogens (primary N) is 1. The van der Waals surface area contributed by atoms with Gasteiger partial charge in [-0.25, -0.2) is 4.98 Å². The monoisotopic (exact) mass is 283 g/mol. The Balaban J connectivity index is 2.20. The number of nitrogens with one attached hydrogen (secondary N) is 1. The van der Waals surface area contributed by atoms with Crippen LogP contribution >= 0.6 is 11.8 Å². The topological polar surface area (TPSA) is 71.8 Å². The predicted octanol–water partition coefficient (Wildman–Crippen LogP) is 3.05. The van der Waals surface area contributed by atoms with E-state index >= 15 is 0 Å². The average Bonchev–Trinajstić information content (AvgIpc) is 2.93. The smallest absolute Gasteiger partial charge is 0.248 e. The highest BCUT2D eigenvalue weighted by Gasteiger charge is 2.10. The van der Waals surface area contributed by atoms with E-state index in [1.165, 1.54) is 0 Å². The molecule has 0 aliphatic carbocycles. The summed E-state index contributed by atoms with van der Waals surface area (Å²) in [7, 11) is 0. The second-order valence-electron chi connectivity index (χ2n) is 4.41. The lowest BCUT2D eigenvalue weighted by Gasteiger charge is -2.09. The maximum atomic E-state index is 11.4. The van der Waals surface area contributed by atoms with Crippen molar-refractivity contribution in [3.63, 3.8) is 0 Å². The van der Waals surface area contributed by atoms with Crippen LogP contribution in [0.1, 0.15) is 10.4 Å². The summed E-state index contributed by atoms with van der Waals surface area (Å²) in [4.78, 5) is 19.8. The number of H-pyrrole nitrogens is 1. The normalized spacial score (nSPS) is 10.8. The highest BCUT2D eigenvalue weighted by atomic mass is 32.2. The third-order valence-corrected chi connectivity index (χ3v) is 4.01. The van der Waals surface area contributed by atoms with Crippen LogP contribution in [0, 0.1) is 0 Å². The van der Waals surface area contributed by atoms with Gasteiger partial charge >= 0.3 is 0 Å². The van der Waals surface area contributed by atoms with Crippen LogP contribution in [-0.2, 0) is 0 Å². The van der Waals surface area contributed by atoms with Crippen molar-refractivity contribution in [1.29, 1.82) is 0 Å². The number of benzene rings is 2. The molecule has 0 saturated carbocycles. The number of thioether (sulfide) groups is 1. The van der Waals surface area contributed by atoms with Crippen molar-refractivity contribution in [2.45, 2.75) is 4.90 Å². The van der Waals surface area contributed by atoms with Crippen LogP contribution in [0.25, 0.3) is 22.2 Å². The number of nitrogens with zero attached hydrogens (tertiary/aromatic N) is 1. The molecule has 0 spiro atoms. The van der Waals surface area contributed by atoms with Crippen molar-refractivity contribution >= 4 is 28.7 Å². The van der Waals surface area contributed by atoms with Crippen LogP contribution in [0.5, 0.6) is 0 Å². The van der Waals surface area contributed by atoms with Gasteiger partial charge in [0.1, 0.15) is 0 Å². The van der Waals surface area contributed by atoms with E-state index in [9.17, 15) is 4.79 Å². The van der Waals surface area contributed by atoms with E-state index in [2.05, 4.69) is 9.97 Å². The summed E-state index contributed by atoms with van der Waals surface area (Å²) in [6.07, 6.45) is 3.68. The SMILES string of the molecule is CSc1ccc(C(N)=O)cc1-c1ccc2nc[nH]c2c1. The van der Waals surface area contributed by atoms with Crippen LogP contribution in [0.15, 0.2) is 47.6 Å². The van der Waals surface area contributed by atoms with Crippen LogP contribution in [0.2, 0.25) is 0 Å². The molecule has 0 radical (unpaired) electrons. The molecular formula is C15H13N3OS. The zero-order valence-corrected chi connectivity index (χ0v) is 11.7. The maximum absolute atomic E-state index is 11.4. The summed E-state index contributed by atoms with van der Waals surface area (Å²) < 4.78 is 0. The van der Waals surface area contributed by atoms with Crippen LogP contribution in [0.4, 0.5) is 0 Å². The highest BCUT2D eigenvalue weighted by Crippen LogP contribution is 2.32. The number of carbonyl (C=O) groups excluding carboxylic acids is 1. The van der Waals surface area contributed by atoms with Crippen molar-refractivity contribution in [2.24, 2.45) is 5.73 Å². The molecule has 1 heterocycles. The Morgan fingerprint density at radius 1 is 1.25 bits per heavy atom. The minimum Gasteiger partial charge on any atom is -0.366 e. The van der Waals surface area contributed by atoms with E-state index in [1.54, 1.807) is 24.2 Å². The zero-order valence-electron chi connectivity index (χ0n) is 10.9. The fraction of sp³-hybridized carbons (Fsp3) is 0.0667. The van der Waals surface area contributed by atoms with Gasteiger partial charge in [0.2, 0.25) is 5.91 Å². The summed E-state index contributed by atoms with van der Waals surface area (Å²) >= 11 is 1.64. The summed E-state index contributed by atoms with van der Waals surface area (Å²) in [5.41, 5.74) is 9.81. The van der Waals surface area contributed by atoms with Crippen molar-refractivity contribution in [3.8, 4) is 11.1 Å². The van der Waals surface area contributed by atoms with Gasteiger partial charge in [0.25, 0.3) is 0 Å². The van der Waals surface area contributed by atoms with Gasteiger partial charge in [-0.3, -0.25) is 4.79 Å². The molecule has 2 aromatic carbocycles. The standard InChI is InChI=1S/C15H13N3OS/c1-20-14-5-3-10(15(16)19)6-11(14)9-2-4-12-13(7-9)18-8-17-12/h2-8H,1H3,(H2,16,19)(H,17,18). The van der Waals surface area contributed by atoms with Gasteiger partial charge in [-0.1, -0.05) is 6.07 Å². The van der Waals surface area contributed by atoms with E-state index < -0.39 is 5.91 Å². The first-order valence-electron chi connectivity index (χ1n) is 6.10. The lowest BCUT2D eigenvalue weighted by molar-refractivity contribution is 0.100. The van der Waals surface area contributed by atoms with Gasteiger partial charge < -0.3 is 10.7 Å². The minimum atomic E-state index is -0.415. The molecule has 100 valence electrons. The molecule has 5 heteroatoms. The molecule has 4 nitrogen and oxygen atoms in total. The lowest BCUT2D eigenvalue weighted by Crippen LogP contribution is -2.10. The van der Waals surface area contributed by atoms with Gasteiger partial charge in [-0.05, 0) is 47.7 Å². The van der Waals surface area contributed by atoms with Crippen molar-refractivity contribution < 1.29 is 4.79 Å². The second-order valence-corrected chi connectivity index (χ2v) is 5.26. The number of hydrogen-bond donors (Lipinski definition) is 2. The molecule has 0 atom stereocenters. The molecule has 20 heavy (non-hydrogen) atoms. The summed E-state index contributed by atoms with van der Waals surface area (Å²) in [6.45, 7) is 0. The molecule has 3 rings (SSSR count). The molecule has 1 aromatic heterocycles. The zero-order chi connectivity index (χ0) is 14.1. The first-order valence-corrected chi connectivity index (χ1v) is 7.33. The van der Waals surface area contributed by atoms with Gasteiger partial charge in [-0.2, -0.15) is 0 Å². The number of imidazole rings is 1. The third-order valence-electron chi connectivity index (χ3n) is 3.22. The van der Waals surface area contributed by atoms with Crippen LogP contribution < -0.4 is 5.73 Å². The molecule has 0 aliphatic rings. The molecule has 0 saturated heterocycles. The van der Waals surface area contributed by atoms with Crippen LogP contribution in [-0.4, -0.2) is 22.1 Å². The number of amides is 1. The predicted molar refractivity (Wildman–Crippen MR) is 81.8 cm³/mol. The first kappa shape index (κ1) is 12.7. The molecule has 3 aromatic rings. The first-order chi connectivity index (χ1) is 9.69. The number of hydrogen-bond acceptors (Lipinski definition) is 3. The van der Waals surface area contributed by atoms with Gasteiger partial charge in [0.05, 0.1) is 17.4 Å². The molecule has 0 fully saturated rings. The Hall–Kier alpha value is -2.27. The van der Waals surface area contributed by atoms with Crippen molar-refractivity contribution in [2.75, 3.05) is 6.26 Å². The van der Waals surface area contributed by atoms with E-state index in [1.807, 2.05) is 36.6 Å². The van der Waals surface area contributed by atoms with E-state index in [-0.39, 0.29) is 0 Å². The molecule has 1 amide bonds. The molecule has 0 bridgehead atoms. The fourth-order valence-corrected chi connectivity index (χ4v) is 2.79. The Morgan fingerprint density at radius 3 is 2.85 bits per heavy atom. The number of carbonyl (C=O) groups is 1. The highest BCUT2D eigenvalue weighted by molar-refractivity contribution is 7.98. The molecule has 3 N–H and O–H groups in total. The minimum absolute atomic E-state index is 0.415. The summed E-state index contributed by atoms with van der Waals surface area (Å²) in [5.74, 6) is -0.415. The van der Waals surface area contributed by atoms with Gasteiger partial charge in [-0.15, -0.1) is 11.8 Å². The number of aromatic amines is 1. The van der Waals surface area contributed by atoms with E-state index in [0.29, 0.717) is 5.56 Å². The lowest BCUT2D eigenvalue weighted by atomic mass is 10.0. The number of rotatable bonds is 3. The average molecular weight is 283 g/mol. The number of fused-ring (bicyclic) bond motifs is 1. The Kier molecular flexibility index (Phi) is 3.20. The Morgan fingerprint density at radius 2 is 2.10 bits per heavy atom. The van der Waals surface area contributed by atoms with E-state index in [0.717, 1.165) is 27.1 Å².